The van der Waals surface area contributed by atoms with Crippen LogP contribution in [0.15, 0.2) is 18.7 Å². The second-order valence-corrected chi connectivity index (χ2v) is 4.26. The third-order valence-corrected chi connectivity index (χ3v) is 2.90. The Morgan fingerprint density at radius 3 is 3.07 bits per heavy atom. The molecule has 1 N–H and O–H groups in total. The molecule has 2 rings (SSSR count). The fourth-order valence-corrected chi connectivity index (χ4v) is 1.71. The first-order valence-corrected chi connectivity index (χ1v) is 5.51. The molecule has 1 saturated carbocycles. The molecule has 2 atom stereocenters. The summed E-state index contributed by atoms with van der Waals surface area (Å²) in [6.45, 7) is 3.80. The van der Waals surface area contributed by atoms with Crippen LogP contribution in [0.1, 0.15) is 19.8 Å². The zero-order chi connectivity index (χ0) is 10.7. The summed E-state index contributed by atoms with van der Waals surface area (Å²) in [5.41, 5.74) is 0. The molecule has 1 fully saturated rings. The number of imidazole rings is 1. The molecule has 4 nitrogen and oxygen atoms in total. The summed E-state index contributed by atoms with van der Waals surface area (Å²) >= 11 is 0. The van der Waals surface area contributed by atoms with Gasteiger partial charge >= 0.3 is 0 Å². The summed E-state index contributed by atoms with van der Waals surface area (Å²) in [6.07, 6.45) is 7.52. The van der Waals surface area contributed by atoms with E-state index in [1.165, 1.54) is 0 Å². The minimum atomic E-state index is 0.230. The van der Waals surface area contributed by atoms with Gasteiger partial charge in [0.15, 0.2) is 0 Å². The number of rotatable bonds is 5. The van der Waals surface area contributed by atoms with Crippen molar-refractivity contribution in [3.8, 4) is 0 Å². The molecule has 2 unspecified atom stereocenters. The van der Waals surface area contributed by atoms with Gasteiger partial charge in [-0.1, -0.05) is 6.92 Å². The number of amides is 1. The highest BCUT2D eigenvalue weighted by Gasteiger charge is 2.38. The van der Waals surface area contributed by atoms with Crippen molar-refractivity contribution in [2.45, 2.75) is 26.3 Å². The molecule has 0 bridgehead atoms. The van der Waals surface area contributed by atoms with Gasteiger partial charge in [0.2, 0.25) is 5.91 Å². The summed E-state index contributed by atoms with van der Waals surface area (Å²) in [7, 11) is 0. The molecule has 1 aromatic heterocycles. The van der Waals surface area contributed by atoms with E-state index >= 15 is 0 Å². The van der Waals surface area contributed by atoms with Crippen molar-refractivity contribution in [2.24, 2.45) is 11.8 Å². The van der Waals surface area contributed by atoms with E-state index in [1.54, 1.807) is 12.5 Å². The summed E-state index contributed by atoms with van der Waals surface area (Å²) < 4.78 is 2.02. The van der Waals surface area contributed by atoms with Gasteiger partial charge in [0.05, 0.1) is 6.33 Å². The molecule has 0 aliphatic heterocycles. The van der Waals surface area contributed by atoms with Crippen LogP contribution in [0.25, 0.3) is 0 Å². The first kappa shape index (κ1) is 10.2. The van der Waals surface area contributed by atoms with Gasteiger partial charge in [-0.3, -0.25) is 4.79 Å². The molecule has 1 aromatic rings. The van der Waals surface area contributed by atoms with Crippen LogP contribution in [-0.4, -0.2) is 22.0 Å². The largest absolute Gasteiger partial charge is 0.356 e. The molecule has 82 valence electrons. The number of aromatic nitrogens is 2. The zero-order valence-electron chi connectivity index (χ0n) is 9.02. The normalized spacial score (nSPS) is 23.8. The average Bonchev–Trinajstić information content (AvgIpc) is 2.77. The minimum Gasteiger partial charge on any atom is -0.356 e. The Bertz CT molecular complexity index is 321. The molecular formula is C11H17N3O. The maximum Gasteiger partial charge on any atom is 0.223 e. The van der Waals surface area contributed by atoms with Gasteiger partial charge in [-0.05, 0) is 18.8 Å². The SMILES string of the molecule is CC1CC1C(=O)NCCCn1ccnc1. The van der Waals surface area contributed by atoms with Crippen molar-refractivity contribution in [3.05, 3.63) is 18.7 Å². The second-order valence-electron chi connectivity index (χ2n) is 4.26. The summed E-state index contributed by atoms with van der Waals surface area (Å²) in [4.78, 5) is 15.4. The lowest BCUT2D eigenvalue weighted by Gasteiger charge is -2.04. The fourth-order valence-electron chi connectivity index (χ4n) is 1.71. The number of nitrogens with zero attached hydrogens (tertiary/aromatic N) is 2. The monoisotopic (exact) mass is 207 g/mol. The Hall–Kier alpha value is -1.32. The molecular weight excluding hydrogens is 190 g/mol. The van der Waals surface area contributed by atoms with Gasteiger partial charge in [0.25, 0.3) is 0 Å². The summed E-state index contributed by atoms with van der Waals surface area (Å²) in [5, 5.41) is 2.96. The minimum absolute atomic E-state index is 0.230. The standard InChI is InChI=1S/C11H17N3O/c1-9-7-10(9)11(15)13-3-2-5-14-6-4-12-8-14/h4,6,8-10H,2-3,5,7H2,1H3,(H,13,15). The molecule has 0 radical (unpaired) electrons. The lowest BCUT2D eigenvalue weighted by molar-refractivity contribution is -0.122. The number of carbonyl (C=O) groups is 1. The van der Waals surface area contributed by atoms with E-state index in [0.29, 0.717) is 11.8 Å². The highest BCUT2D eigenvalue weighted by Crippen LogP contribution is 2.37. The van der Waals surface area contributed by atoms with Crippen molar-refractivity contribution in [1.82, 2.24) is 14.9 Å². The predicted molar refractivity (Wildman–Crippen MR) is 57.1 cm³/mol. The molecule has 0 saturated heterocycles. The maximum atomic E-state index is 11.4. The Morgan fingerprint density at radius 2 is 2.47 bits per heavy atom. The molecule has 4 heteroatoms. The van der Waals surface area contributed by atoms with Crippen molar-refractivity contribution < 1.29 is 4.79 Å². The number of hydrogen-bond donors (Lipinski definition) is 1. The predicted octanol–water partition coefficient (Wildman–Crippen LogP) is 1.05. The van der Waals surface area contributed by atoms with Crippen molar-refractivity contribution in [2.75, 3.05) is 6.54 Å². The lowest BCUT2D eigenvalue weighted by atomic mass is 10.3. The third kappa shape index (κ3) is 2.81. The smallest absolute Gasteiger partial charge is 0.223 e. The van der Waals surface area contributed by atoms with Crippen LogP contribution < -0.4 is 5.32 Å². The first-order valence-electron chi connectivity index (χ1n) is 5.51. The third-order valence-electron chi connectivity index (χ3n) is 2.90. The van der Waals surface area contributed by atoms with Crippen LogP contribution in [0.2, 0.25) is 0 Å². The Kier molecular flexibility index (Phi) is 3.04. The first-order chi connectivity index (χ1) is 7.27. The van der Waals surface area contributed by atoms with E-state index in [4.69, 9.17) is 0 Å². The van der Waals surface area contributed by atoms with Crippen LogP contribution in [0, 0.1) is 11.8 Å². The highest BCUT2D eigenvalue weighted by atomic mass is 16.2. The zero-order valence-corrected chi connectivity index (χ0v) is 9.02. The van der Waals surface area contributed by atoms with E-state index in [9.17, 15) is 4.79 Å². The fraction of sp³-hybridized carbons (Fsp3) is 0.636. The average molecular weight is 207 g/mol. The van der Waals surface area contributed by atoms with E-state index < -0.39 is 0 Å². The van der Waals surface area contributed by atoms with E-state index in [2.05, 4.69) is 17.2 Å². The number of carbonyl (C=O) groups excluding carboxylic acids is 1. The van der Waals surface area contributed by atoms with Crippen LogP contribution in [-0.2, 0) is 11.3 Å². The van der Waals surface area contributed by atoms with Crippen LogP contribution in [0.4, 0.5) is 0 Å². The van der Waals surface area contributed by atoms with Crippen molar-refractivity contribution >= 4 is 5.91 Å². The van der Waals surface area contributed by atoms with Gasteiger partial charge in [-0.2, -0.15) is 0 Å². The number of aryl methyl sites for hydroxylation is 1. The van der Waals surface area contributed by atoms with Gasteiger partial charge in [0.1, 0.15) is 0 Å². The number of nitrogens with one attached hydrogen (secondary N) is 1. The molecule has 1 amide bonds. The van der Waals surface area contributed by atoms with Gasteiger partial charge < -0.3 is 9.88 Å². The Labute approximate surface area is 89.7 Å². The van der Waals surface area contributed by atoms with E-state index in [-0.39, 0.29) is 5.91 Å². The van der Waals surface area contributed by atoms with Crippen LogP contribution in [0.3, 0.4) is 0 Å². The summed E-state index contributed by atoms with van der Waals surface area (Å²) in [5.74, 6) is 1.12. The topological polar surface area (TPSA) is 46.9 Å². The molecule has 0 aromatic carbocycles. The van der Waals surface area contributed by atoms with Crippen molar-refractivity contribution in [3.63, 3.8) is 0 Å². The molecule has 15 heavy (non-hydrogen) atoms. The van der Waals surface area contributed by atoms with Gasteiger partial charge in [-0.25, -0.2) is 4.98 Å². The maximum absolute atomic E-state index is 11.4. The van der Waals surface area contributed by atoms with Gasteiger partial charge in [0, 0.05) is 31.4 Å². The molecule has 1 aliphatic carbocycles. The van der Waals surface area contributed by atoms with Crippen LogP contribution >= 0.6 is 0 Å². The van der Waals surface area contributed by atoms with E-state index in [0.717, 1.165) is 25.9 Å². The highest BCUT2D eigenvalue weighted by molar-refractivity contribution is 5.81. The van der Waals surface area contributed by atoms with Crippen LogP contribution in [0.5, 0.6) is 0 Å². The molecule has 1 heterocycles. The Balaban J connectivity index is 1.57. The molecule has 1 aliphatic rings. The number of hydrogen-bond acceptors (Lipinski definition) is 2. The molecule has 0 spiro atoms. The second kappa shape index (κ2) is 4.47. The lowest BCUT2D eigenvalue weighted by Crippen LogP contribution is -2.27. The quantitative estimate of drug-likeness (QED) is 0.733. The Morgan fingerprint density at radius 1 is 1.67 bits per heavy atom. The summed E-state index contributed by atoms with van der Waals surface area (Å²) in [6, 6.07) is 0. The van der Waals surface area contributed by atoms with Crippen molar-refractivity contribution in [1.29, 1.82) is 0 Å². The van der Waals surface area contributed by atoms with E-state index in [1.807, 2.05) is 10.8 Å². The van der Waals surface area contributed by atoms with Gasteiger partial charge in [-0.15, -0.1) is 0 Å².